The molecule has 0 amide bonds. The summed E-state index contributed by atoms with van der Waals surface area (Å²) in [6.45, 7) is 3.18. The summed E-state index contributed by atoms with van der Waals surface area (Å²) in [6.07, 6.45) is -5.65. The number of fused-ring (bicyclic) bond motifs is 1. The van der Waals surface area contributed by atoms with Crippen molar-refractivity contribution in [1.29, 1.82) is 0 Å². The van der Waals surface area contributed by atoms with Crippen molar-refractivity contribution < 1.29 is 48.9 Å². The molecule has 10 heteroatoms. The molecule has 3 aliphatic rings. The molecule has 0 saturated carbocycles. The van der Waals surface area contributed by atoms with E-state index in [1.54, 1.807) is 6.08 Å². The van der Waals surface area contributed by atoms with Gasteiger partial charge in [0.1, 0.15) is 24.4 Å². The molecule has 0 bridgehead atoms. The Kier molecular flexibility index (Phi) is 6.16. The van der Waals surface area contributed by atoms with Crippen LogP contribution < -0.4 is 0 Å². The molecule has 9 atom stereocenters. The average molecular weight is 388 g/mol. The molecule has 0 aromatic rings. The van der Waals surface area contributed by atoms with Gasteiger partial charge in [-0.25, -0.2) is 4.79 Å². The summed E-state index contributed by atoms with van der Waals surface area (Å²) in [5.41, 5.74) is 0.321. The zero-order valence-electron chi connectivity index (χ0n) is 14.7. The van der Waals surface area contributed by atoms with Crippen LogP contribution in [0.4, 0.5) is 0 Å². The highest BCUT2D eigenvalue weighted by molar-refractivity contribution is 5.89. The first-order valence-corrected chi connectivity index (χ1v) is 8.59. The van der Waals surface area contributed by atoms with Crippen LogP contribution in [0.15, 0.2) is 24.5 Å². The Morgan fingerprint density at radius 1 is 1.26 bits per heavy atom. The number of aliphatic hydroxyl groups excluding tert-OH is 4. The first kappa shape index (κ1) is 20.2. The normalized spacial score (nSPS) is 44.6. The lowest BCUT2D eigenvalue weighted by molar-refractivity contribution is -0.340. The molecule has 3 aliphatic heterocycles. The third kappa shape index (κ3) is 3.74. The lowest BCUT2D eigenvalue weighted by Gasteiger charge is -2.44. The lowest BCUT2D eigenvalue weighted by Crippen LogP contribution is -2.60. The van der Waals surface area contributed by atoms with Gasteiger partial charge in [-0.2, -0.15) is 0 Å². The van der Waals surface area contributed by atoms with Crippen molar-refractivity contribution in [2.75, 3.05) is 13.7 Å². The third-order valence-electron chi connectivity index (χ3n) is 5.08. The number of carbonyl (C=O) groups is 1. The van der Waals surface area contributed by atoms with Crippen molar-refractivity contribution in [3.63, 3.8) is 0 Å². The number of aliphatic hydroxyl groups is 4. The van der Waals surface area contributed by atoms with Crippen molar-refractivity contribution in [2.24, 2.45) is 11.8 Å². The molecule has 0 aromatic carbocycles. The minimum atomic E-state index is -1.57. The van der Waals surface area contributed by atoms with Crippen molar-refractivity contribution in [1.82, 2.24) is 0 Å². The maximum absolute atomic E-state index is 12.1. The van der Waals surface area contributed by atoms with Crippen LogP contribution in [0.1, 0.15) is 6.42 Å². The van der Waals surface area contributed by atoms with E-state index in [-0.39, 0.29) is 5.92 Å². The zero-order chi connectivity index (χ0) is 19.7. The number of ether oxygens (including phenoxy) is 5. The molecule has 152 valence electrons. The van der Waals surface area contributed by atoms with E-state index in [1.165, 1.54) is 13.4 Å². The molecule has 2 saturated heterocycles. The number of cyclic esters (lactones) is 1. The van der Waals surface area contributed by atoms with Crippen molar-refractivity contribution >= 4 is 5.97 Å². The van der Waals surface area contributed by atoms with Crippen LogP contribution in [0.25, 0.3) is 0 Å². The van der Waals surface area contributed by atoms with Gasteiger partial charge in [0.25, 0.3) is 0 Å². The van der Waals surface area contributed by atoms with E-state index < -0.39 is 61.8 Å². The number of esters is 1. The van der Waals surface area contributed by atoms with E-state index in [9.17, 15) is 25.2 Å². The number of carbonyl (C=O) groups excluding carboxylic acids is 1. The van der Waals surface area contributed by atoms with E-state index in [0.29, 0.717) is 12.0 Å². The molecule has 0 spiro atoms. The molecule has 4 N–H and O–H groups in total. The number of hydrogen-bond donors (Lipinski definition) is 4. The molecule has 0 unspecified atom stereocenters. The molecule has 0 aromatic heterocycles. The fourth-order valence-electron chi connectivity index (χ4n) is 3.50. The van der Waals surface area contributed by atoms with Crippen LogP contribution in [0.3, 0.4) is 0 Å². The molecular formula is C17H24O10. The SMILES string of the molecule is C=C[C@@H]1[C@@H](O[C@H]2O[C@@H](CO)[C@H](O)[C@@H](O)[C@@H]2O)OC=C2C(=O)O[C@@H](OC)C[C@@H]21. The van der Waals surface area contributed by atoms with Crippen LogP contribution in [-0.4, -0.2) is 83.4 Å². The highest BCUT2D eigenvalue weighted by atomic mass is 16.8. The Hall–Kier alpha value is -1.53. The standard InChI is InChI=1S/C17H24O10/c1-3-7-8-4-11(23-2)26-15(22)9(8)6-24-16(7)27-17-14(21)13(20)12(19)10(5-18)25-17/h3,6-8,10-14,16-21H,1,4-5H2,2H3/t7-,8+,10-,11+,12-,13+,14-,16+,17+/m0/s1. The second-order valence-electron chi connectivity index (χ2n) is 6.64. The van der Waals surface area contributed by atoms with E-state index in [4.69, 9.17) is 23.7 Å². The van der Waals surface area contributed by atoms with E-state index in [1.807, 2.05) is 0 Å². The van der Waals surface area contributed by atoms with Crippen LogP contribution in [-0.2, 0) is 28.5 Å². The molecule has 3 heterocycles. The highest BCUT2D eigenvalue weighted by Crippen LogP contribution is 2.40. The summed E-state index contributed by atoms with van der Waals surface area (Å²) in [7, 11) is 1.43. The second-order valence-corrected chi connectivity index (χ2v) is 6.64. The van der Waals surface area contributed by atoms with Crippen LogP contribution in [0, 0.1) is 11.8 Å². The second kappa shape index (κ2) is 8.23. The summed E-state index contributed by atoms with van der Waals surface area (Å²) in [6, 6.07) is 0. The first-order valence-electron chi connectivity index (χ1n) is 8.59. The molecular weight excluding hydrogens is 364 g/mol. The maximum Gasteiger partial charge on any atom is 0.339 e. The van der Waals surface area contributed by atoms with Crippen molar-refractivity contribution in [2.45, 2.75) is 49.7 Å². The number of hydrogen-bond acceptors (Lipinski definition) is 10. The quantitative estimate of drug-likeness (QED) is 0.320. The topological polar surface area (TPSA) is 144 Å². The Labute approximate surface area is 155 Å². The van der Waals surface area contributed by atoms with Gasteiger partial charge in [-0.1, -0.05) is 6.08 Å². The van der Waals surface area contributed by atoms with Gasteiger partial charge in [0.05, 0.1) is 18.4 Å². The molecule has 3 rings (SSSR count). The van der Waals surface area contributed by atoms with Gasteiger partial charge in [-0.05, 0) is 0 Å². The van der Waals surface area contributed by atoms with E-state index in [0.717, 1.165) is 0 Å². The number of rotatable bonds is 5. The Bertz CT molecular complexity index is 590. The first-order chi connectivity index (χ1) is 12.9. The van der Waals surface area contributed by atoms with Crippen molar-refractivity contribution in [3.8, 4) is 0 Å². The van der Waals surface area contributed by atoms with Crippen LogP contribution >= 0.6 is 0 Å². The van der Waals surface area contributed by atoms with Gasteiger partial charge in [0, 0.05) is 25.4 Å². The minimum absolute atomic E-state index is 0.321. The third-order valence-corrected chi connectivity index (χ3v) is 5.08. The smallest absolute Gasteiger partial charge is 0.339 e. The highest BCUT2D eigenvalue weighted by Gasteiger charge is 2.49. The summed E-state index contributed by atoms with van der Waals surface area (Å²) < 4.78 is 26.7. The maximum atomic E-state index is 12.1. The largest absolute Gasteiger partial charge is 0.471 e. The molecule has 2 fully saturated rings. The monoisotopic (exact) mass is 388 g/mol. The van der Waals surface area contributed by atoms with Crippen LogP contribution in [0.5, 0.6) is 0 Å². The van der Waals surface area contributed by atoms with Gasteiger partial charge < -0.3 is 44.1 Å². The van der Waals surface area contributed by atoms with Crippen molar-refractivity contribution in [3.05, 3.63) is 24.5 Å². The fourth-order valence-corrected chi connectivity index (χ4v) is 3.50. The van der Waals surface area contributed by atoms with Gasteiger partial charge >= 0.3 is 5.97 Å². The lowest BCUT2D eigenvalue weighted by atomic mass is 9.80. The molecule has 27 heavy (non-hydrogen) atoms. The molecule has 0 aliphatic carbocycles. The summed E-state index contributed by atoms with van der Waals surface area (Å²) in [4.78, 5) is 12.1. The van der Waals surface area contributed by atoms with Gasteiger partial charge in [0.15, 0.2) is 6.29 Å². The minimum Gasteiger partial charge on any atom is -0.471 e. The Balaban J connectivity index is 1.77. The predicted octanol–water partition coefficient (Wildman–Crippen LogP) is -1.62. The fraction of sp³-hybridized carbons (Fsp3) is 0.706. The van der Waals surface area contributed by atoms with Gasteiger partial charge in [0.2, 0.25) is 12.6 Å². The molecule has 0 radical (unpaired) electrons. The zero-order valence-corrected chi connectivity index (χ0v) is 14.7. The predicted molar refractivity (Wildman–Crippen MR) is 86.5 cm³/mol. The summed E-state index contributed by atoms with van der Waals surface area (Å²) >= 11 is 0. The summed E-state index contributed by atoms with van der Waals surface area (Å²) in [5, 5.41) is 39.1. The summed E-state index contributed by atoms with van der Waals surface area (Å²) in [5.74, 6) is -1.41. The van der Waals surface area contributed by atoms with Gasteiger partial charge in [-0.15, -0.1) is 6.58 Å². The van der Waals surface area contributed by atoms with Gasteiger partial charge in [-0.3, -0.25) is 0 Å². The average Bonchev–Trinajstić information content (AvgIpc) is 2.67. The van der Waals surface area contributed by atoms with E-state index in [2.05, 4.69) is 6.58 Å². The number of methoxy groups -OCH3 is 1. The molecule has 10 nitrogen and oxygen atoms in total. The van der Waals surface area contributed by atoms with Crippen LogP contribution in [0.2, 0.25) is 0 Å². The Morgan fingerprint density at radius 3 is 2.63 bits per heavy atom. The van der Waals surface area contributed by atoms with E-state index >= 15 is 0 Å². The Morgan fingerprint density at radius 2 is 2.00 bits per heavy atom.